The van der Waals surface area contributed by atoms with Gasteiger partial charge in [0.05, 0.1) is 12.1 Å². The zero-order chi connectivity index (χ0) is 21.1. The normalized spacial score (nSPS) is 14.9. The van der Waals surface area contributed by atoms with Crippen LogP contribution in [0.4, 0.5) is 5.82 Å². The molecule has 2 aromatic rings. The fourth-order valence-corrected chi connectivity index (χ4v) is 2.75. The molecule has 0 amide bonds. The smallest absolute Gasteiger partial charge is 0.227 e. The molecule has 1 saturated heterocycles. The van der Waals surface area contributed by atoms with Crippen molar-refractivity contribution in [2.45, 2.75) is 45.6 Å². The lowest BCUT2D eigenvalue weighted by Crippen LogP contribution is -2.31. The van der Waals surface area contributed by atoms with Crippen LogP contribution in [0, 0.1) is 5.41 Å². The molecule has 1 fully saturated rings. The van der Waals surface area contributed by atoms with Gasteiger partial charge in [0.25, 0.3) is 0 Å². The first-order valence-electron chi connectivity index (χ1n) is 10.0. The van der Waals surface area contributed by atoms with Crippen LogP contribution >= 0.6 is 0 Å². The van der Waals surface area contributed by atoms with Gasteiger partial charge >= 0.3 is 0 Å². The largest absolute Gasteiger partial charge is 0.442 e. The van der Waals surface area contributed by atoms with Crippen molar-refractivity contribution in [3.8, 4) is 11.5 Å². The van der Waals surface area contributed by atoms with E-state index in [1.54, 1.807) is 6.26 Å². The number of nitrogens with two attached hydrogens (primary N) is 1. The number of nitrogens with zero attached hydrogens (tertiary/aromatic N) is 2. The molecule has 0 bridgehead atoms. The molecule has 158 valence electrons. The predicted octanol–water partition coefficient (Wildman–Crippen LogP) is 4.13. The number of oxazole rings is 1. The third kappa shape index (κ3) is 8.50. The molecule has 1 aromatic carbocycles. The van der Waals surface area contributed by atoms with E-state index in [-0.39, 0.29) is 5.60 Å². The minimum absolute atomic E-state index is 0.217. The molecular formula is C22H33N5O2. The van der Waals surface area contributed by atoms with E-state index in [1.165, 1.54) is 25.3 Å². The standard InChI is InChI=1S/C14H16N2O.C8H17N3O/c1-3-7-12(8-4-1)14-15-13(11-17-14)16-9-5-2-6-10-16;1-8(2,3)12-11-6-7(10)4-5-9/h1,3-4,7-8,11H,2,5-6,9-10H2;4-5,9,11H,6,10H2,1-3H3/b;7-4-,9-5?. The fourth-order valence-electron chi connectivity index (χ4n) is 2.75. The monoisotopic (exact) mass is 399 g/mol. The molecule has 0 atom stereocenters. The highest BCUT2D eigenvalue weighted by Gasteiger charge is 2.15. The fraction of sp³-hybridized carbons (Fsp3) is 0.455. The second-order valence-electron chi connectivity index (χ2n) is 7.87. The van der Waals surface area contributed by atoms with E-state index < -0.39 is 0 Å². The highest BCUT2D eigenvalue weighted by molar-refractivity contribution is 5.68. The van der Waals surface area contributed by atoms with Crippen LogP contribution in [0.5, 0.6) is 0 Å². The maximum absolute atomic E-state index is 6.74. The van der Waals surface area contributed by atoms with Gasteiger partial charge in [-0.1, -0.05) is 18.2 Å². The molecule has 0 radical (unpaired) electrons. The second-order valence-corrected chi connectivity index (χ2v) is 7.87. The van der Waals surface area contributed by atoms with Gasteiger partial charge in [-0.2, -0.15) is 10.5 Å². The van der Waals surface area contributed by atoms with E-state index in [1.807, 2.05) is 51.1 Å². The Morgan fingerprint density at radius 2 is 1.93 bits per heavy atom. The van der Waals surface area contributed by atoms with E-state index in [2.05, 4.69) is 15.4 Å². The second kappa shape index (κ2) is 11.4. The number of hydrogen-bond donors (Lipinski definition) is 3. The maximum atomic E-state index is 6.74. The van der Waals surface area contributed by atoms with Crippen LogP contribution in [-0.2, 0) is 4.84 Å². The molecule has 3 rings (SSSR count). The molecule has 29 heavy (non-hydrogen) atoms. The third-order valence-electron chi connectivity index (χ3n) is 4.14. The number of nitrogens with one attached hydrogen (secondary N) is 2. The summed E-state index contributed by atoms with van der Waals surface area (Å²) in [5.74, 6) is 1.69. The third-order valence-corrected chi connectivity index (χ3v) is 4.14. The molecule has 1 aromatic heterocycles. The van der Waals surface area contributed by atoms with Gasteiger partial charge < -0.3 is 20.5 Å². The van der Waals surface area contributed by atoms with Gasteiger partial charge in [0, 0.05) is 30.6 Å². The van der Waals surface area contributed by atoms with Crippen molar-refractivity contribution in [1.29, 1.82) is 5.41 Å². The summed E-state index contributed by atoms with van der Waals surface area (Å²) in [5.41, 5.74) is 9.59. The number of aromatic nitrogens is 1. The molecule has 7 heteroatoms. The number of hydroxylamine groups is 1. The molecule has 0 saturated carbocycles. The van der Waals surface area contributed by atoms with Gasteiger partial charge in [0.1, 0.15) is 6.26 Å². The zero-order valence-corrected chi connectivity index (χ0v) is 17.6. The SMILES string of the molecule is CC(C)(C)ONC/C(N)=C/C=N.c1ccc(-c2nc(N3CCCCC3)co2)cc1. The van der Waals surface area contributed by atoms with Crippen molar-refractivity contribution in [2.75, 3.05) is 24.5 Å². The van der Waals surface area contributed by atoms with Crippen molar-refractivity contribution in [1.82, 2.24) is 10.5 Å². The lowest BCUT2D eigenvalue weighted by molar-refractivity contribution is -0.0687. The highest BCUT2D eigenvalue weighted by atomic mass is 16.7. The van der Waals surface area contributed by atoms with Crippen LogP contribution in [0.3, 0.4) is 0 Å². The van der Waals surface area contributed by atoms with Crippen LogP contribution in [0.2, 0.25) is 0 Å². The summed E-state index contributed by atoms with van der Waals surface area (Å²) in [4.78, 5) is 12.1. The summed E-state index contributed by atoms with van der Waals surface area (Å²) >= 11 is 0. The number of rotatable bonds is 6. The average molecular weight is 400 g/mol. The van der Waals surface area contributed by atoms with Crippen LogP contribution in [0.25, 0.3) is 11.5 Å². The summed E-state index contributed by atoms with van der Waals surface area (Å²) < 4.78 is 5.55. The Bertz CT molecular complexity index is 759. The Morgan fingerprint density at radius 3 is 2.55 bits per heavy atom. The van der Waals surface area contributed by atoms with E-state index in [4.69, 9.17) is 20.4 Å². The summed E-state index contributed by atoms with van der Waals surface area (Å²) in [5, 5.41) is 6.74. The van der Waals surface area contributed by atoms with E-state index >= 15 is 0 Å². The Kier molecular flexibility index (Phi) is 8.89. The van der Waals surface area contributed by atoms with Gasteiger partial charge in [-0.15, -0.1) is 0 Å². The number of anilines is 1. The van der Waals surface area contributed by atoms with Crippen LogP contribution in [0.1, 0.15) is 40.0 Å². The molecule has 7 nitrogen and oxygen atoms in total. The topological polar surface area (TPSA) is 100 Å². The van der Waals surface area contributed by atoms with Crippen molar-refractivity contribution in [3.05, 3.63) is 48.4 Å². The first-order chi connectivity index (χ1) is 13.9. The summed E-state index contributed by atoms with van der Waals surface area (Å²) in [6.45, 7) is 8.46. The quantitative estimate of drug-likeness (QED) is 0.499. The van der Waals surface area contributed by atoms with E-state index in [0.29, 0.717) is 18.1 Å². The highest BCUT2D eigenvalue weighted by Crippen LogP contribution is 2.24. The molecule has 1 aliphatic heterocycles. The maximum Gasteiger partial charge on any atom is 0.227 e. The lowest BCUT2D eigenvalue weighted by atomic mass is 10.1. The first-order valence-corrected chi connectivity index (χ1v) is 10.0. The first kappa shape index (κ1) is 22.6. The minimum atomic E-state index is -0.217. The van der Waals surface area contributed by atoms with Gasteiger partial charge in [-0.25, -0.2) is 0 Å². The number of allylic oxidation sites excluding steroid dienone is 1. The minimum Gasteiger partial charge on any atom is -0.442 e. The average Bonchev–Trinajstić information content (AvgIpc) is 3.19. The van der Waals surface area contributed by atoms with Crippen molar-refractivity contribution in [2.24, 2.45) is 5.73 Å². The lowest BCUT2D eigenvalue weighted by Gasteiger charge is -2.25. The van der Waals surface area contributed by atoms with Crippen LogP contribution < -0.4 is 16.1 Å². The Hall–Kier alpha value is -2.64. The van der Waals surface area contributed by atoms with E-state index in [9.17, 15) is 0 Å². The molecule has 2 heterocycles. The van der Waals surface area contributed by atoms with Crippen molar-refractivity contribution >= 4 is 12.0 Å². The number of piperidine rings is 1. The number of benzene rings is 1. The summed E-state index contributed by atoms with van der Waals surface area (Å²) in [6, 6.07) is 10.0. The molecule has 0 unspecified atom stereocenters. The van der Waals surface area contributed by atoms with Crippen molar-refractivity contribution in [3.63, 3.8) is 0 Å². The summed E-state index contributed by atoms with van der Waals surface area (Å²) in [7, 11) is 0. The van der Waals surface area contributed by atoms with Gasteiger partial charge in [0.15, 0.2) is 5.82 Å². The molecule has 1 aliphatic rings. The molecule has 4 N–H and O–H groups in total. The van der Waals surface area contributed by atoms with Gasteiger partial charge in [0.2, 0.25) is 5.89 Å². The van der Waals surface area contributed by atoms with Crippen molar-refractivity contribution < 1.29 is 9.25 Å². The Balaban J connectivity index is 0.000000223. The Labute approximate surface area is 173 Å². The molecule has 0 aliphatic carbocycles. The van der Waals surface area contributed by atoms with Crippen LogP contribution in [0.15, 0.2) is 52.8 Å². The van der Waals surface area contributed by atoms with Crippen LogP contribution in [-0.4, -0.2) is 36.4 Å². The number of hydrogen-bond acceptors (Lipinski definition) is 7. The predicted molar refractivity (Wildman–Crippen MR) is 118 cm³/mol. The zero-order valence-electron chi connectivity index (χ0n) is 17.6. The van der Waals surface area contributed by atoms with Gasteiger partial charge in [-0.3, -0.25) is 4.84 Å². The molecular weight excluding hydrogens is 366 g/mol. The summed E-state index contributed by atoms with van der Waals surface area (Å²) in [6.07, 6.45) is 8.28. The van der Waals surface area contributed by atoms with Gasteiger partial charge in [-0.05, 0) is 58.2 Å². The Morgan fingerprint density at radius 1 is 1.24 bits per heavy atom. The van der Waals surface area contributed by atoms with E-state index in [0.717, 1.165) is 30.7 Å². The molecule has 0 spiro atoms.